The third-order valence-electron chi connectivity index (χ3n) is 3.12. The van der Waals surface area contributed by atoms with Crippen LogP contribution in [0.5, 0.6) is 0 Å². The van der Waals surface area contributed by atoms with Crippen molar-refractivity contribution in [2.45, 2.75) is 18.7 Å². The molecule has 7 heteroatoms. The van der Waals surface area contributed by atoms with E-state index in [4.69, 9.17) is 5.11 Å². The second-order valence-electron chi connectivity index (χ2n) is 4.85. The zero-order valence-corrected chi connectivity index (χ0v) is 14.9. The molecule has 0 unspecified atom stereocenters. The van der Waals surface area contributed by atoms with Crippen molar-refractivity contribution in [1.29, 1.82) is 0 Å². The molecule has 0 fully saturated rings. The van der Waals surface area contributed by atoms with Crippen LogP contribution in [0.25, 0.3) is 0 Å². The third kappa shape index (κ3) is 3.58. The van der Waals surface area contributed by atoms with Gasteiger partial charge >= 0.3 is 5.97 Å². The normalized spacial score (nSPS) is 11.2. The van der Waals surface area contributed by atoms with Gasteiger partial charge in [-0.25, -0.2) is 13.2 Å². The molecule has 0 spiro atoms. The number of carboxylic acid groups (broad SMARTS) is 1. The first kappa shape index (κ1) is 16.8. The number of hydrogen-bond acceptors (Lipinski definition) is 3. The van der Waals surface area contributed by atoms with Gasteiger partial charge in [0.05, 0.1) is 10.5 Å². The molecule has 0 aromatic heterocycles. The molecule has 5 nitrogen and oxygen atoms in total. The lowest BCUT2D eigenvalue weighted by Gasteiger charge is -2.13. The van der Waals surface area contributed by atoms with E-state index in [0.717, 1.165) is 3.57 Å². The van der Waals surface area contributed by atoms with E-state index in [1.165, 1.54) is 6.07 Å². The van der Waals surface area contributed by atoms with Crippen molar-refractivity contribution in [3.63, 3.8) is 0 Å². The quantitative estimate of drug-likeness (QED) is 0.727. The number of anilines is 1. The smallest absolute Gasteiger partial charge is 0.335 e. The summed E-state index contributed by atoms with van der Waals surface area (Å²) in [5, 5.41) is 9.16. The Bertz CT molecular complexity index is 847. The summed E-state index contributed by atoms with van der Waals surface area (Å²) in [6, 6.07) is 9.68. The van der Waals surface area contributed by atoms with Gasteiger partial charge in [0, 0.05) is 9.26 Å². The highest BCUT2D eigenvalue weighted by atomic mass is 127. The fourth-order valence-corrected chi connectivity index (χ4v) is 3.96. The standard InChI is InChI=1S/C15H14INO4S/c1-9-6-10(2)14(8-13(9)15(18)19)22(20,21)17-12-5-3-4-11(16)7-12/h3-8,17H,1-2H3,(H,18,19). The van der Waals surface area contributed by atoms with Crippen LogP contribution in [-0.4, -0.2) is 19.5 Å². The number of benzene rings is 2. The number of hydrogen-bond donors (Lipinski definition) is 2. The van der Waals surface area contributed by atoms with E-state index < -0.39 is 16.0 Å². The van der Waals surface area contributed by atoms with Crippen LogP contribution < -0.4 is 4.72 Å². The van der Waals surface area contributed by atoms with Crippen LogP contribution in [0.4, 0.5) is 5.69 Å². The van der Waals surface area contributed by atoms with Crippen LogP contribution in [0.1, 0.15) is 21.5 Å². The molecule has 0 saturated heterocycles. The van der Waals surface area contributed by atoms with Crippen LogP contribution in [0.2, 0.25) is 0 Å². The first-order valence-corrected chi connectivity index (χ1v) is 8.90. The first-order valence-electron chi connectivity index (χ1n) is 6.33. The Morgan fingerprint density at radius 1 is 1.14 bits per heavy atom. The Hall–Kier alpha value is -1.61. The molecule has 0 aliphatic heterocycles. The van der Waals surface area contributed by atoms with Gasteiger partial charge < -0.3 is 5.11 Å². The van der Waals surface area contributed by atoms with Gasteiger partial charge in [-0.1, -0.05) is 12.1 Å². The van der Waals surface area contributed by atoms with Crippen molar-refractivity contribution in [3.05, 3.63) is 56.7 Å². The predicted octanol–water partition coefficient (Wildman–Crippen LogP) is 3.41. The summed E-state index contributed by atoms with van der Waals surface area (Å²) in [6.07, 6.45) is 0. The molecule has 116 valence electrons. The largest absolute Gasteiger partial charge is 0.478 e. The molecule has 2 aromatic carbocycles. The lowest BCUT2D eigenvalue weighted by molar-refractivity contribution is 0.0696. The molecule has 2 rings (SSSR count). The molecule has 22 heavy (non-hydrogen) atoms. The molecular weight excluding hydrogens is 417 g/mol. The van der Waals surface area contributed by atoms with Crippen molar-refractivity contribution in [3.8, 4) is 0 Å². The maximum absolute atomic E-state index is 12.5. The molecule has 0 aliphatic rings. The number of rotatable bonds is 4. The Labute approximate surface area is 142 Å². The van der Waals surface area contributed by atoms with Crippen LogP contribution in [0.3, 0.4) is 0 Å². The summed E-state index contributed by atoms with van der Waals surface area (Å²) in [5.74, 6) is -1.15. The highest BCUT2D eigenvalue weighted by molar-refractivity contribution is 14.1. The number of halogens is 1. The van der Waals surface area contributed by atoms with E-state index >= 15 is 0 Å². The van der Waals surface area contributed by atoms with Crippen molar-refractivity contribution < 1.29 is 18.3 Å². The first-order chi connectivity index (χ1) is 10.2. The fraction of sp³-hybridized carbons (Fsp3) is 0.133. The molecule has 0 aliphatic carbocycles. The second kappa shape index (κ2) is 6.25. The summed E-state index contributed by atoms with van der Waals surface area (Å²) in [5.41, 5.74) is 1.44. The summed E-state index contributed by atoms with van der Waals surface area (Å²) in [6.45, 7) is 3.28. The third-order valence-corrected chi connectivity index (χ3v) is 5.31. The zero-order valence-electron chi connectivity index (χ0n) is 11.9. The van der Waals surface area contributed by atoms with Gasteiger partial charge in [-0.3, -0.25) is 4.72 Å². The number of aromatic carboxylic acids is 1. The van der Waals surface area contributed by atoms with E-state index in [0.29, 0.717) is 16.8 Å². The molecule has 0 atom stereocenters. The van der Waals surface area contributed by atoms with Gasteiger partial charge in [-0.05, 0) is 71.8 Å². The van der Waals surface area contributed by atoms with Gasteiger partial charge in [-0.2, -0.15) is 0 Å². The minimum Gasteiger partial charge on any atom is -0.478 e. The van der Waals surface area contributed by atoms with Gasteiger partial charge in [0.1, 0.15) is 0 Å². The van der Waals surface area contributed by atoms with Crippen molar-refractivity contribution >= 4 is 44.3 Å². The van der Waals surface area contributed by atoms with Gasteiger partial charge in [-0.15, -0.1) is 0 Å². The zero-order chi connectivity index (χ0) is 16.5. The van der Waals surface area contributed by atoms with E-state index in [9.17, 15) is 13.2 Å². The SMILES string of the molecule is Cc1cc(C)c(S(=O)(=O)Nc2cccc(I)c2)cc1C(=O)O. The van der Waals surface area contributed by atoms with Crippen LogP contribution in [0, 0.1) is 17.4 Å². The van der Waals surface area contributed by atoms with E-state index in [1.807, 2.05) is 6.07 Å². The van der Waals surface area contributed by atoms with Crippen molar-refractivity contribution in [2.75, 3.05) is 4.72 Å². The van der Waals surface area contributed by atoms with Gasteiger partial charge in [0.15, 0.2) is 0 Å². The van der Waals surface area contributed by atoms with Crippen LogP contribution >= 0.6 is 22.6 Å². The highest BCUT2D eigenvalue weighted by Gasteiger charge is 2.20. The van der Waals surface area contributed by atoms with Crippen molar-refractivity contribution in [2.24, 2.45) is 0 Å². The maximum Gasteiger partial charge on any atom is 0.335 e. The average molecular weight is 431 g/mol. The number of carbonyl (C=O) groups is 1. The topological polar surface area (TPSA) is 83.5 Å². The number of aryl methyl sites for hydroxylation is 2. The van der Waals surface area contributed by atoms with E-state index in [2.05, 4.69) is 27.3 Å². The fourth-order valence-electron chi connectivity index (χ4n) is 2.11. The van der Waals surface area contributed by atoms with E-state index in [1.54, 1.807) is 38.1 Å². The lowest BCUT2D eigenvalue weighted by Crippen LogP contribution is -2.16. The molecule has 0 bridgehead atoms. The highest BCUT2D eigenvalue weighted by Crippen LogP contribution is 2.24. The van der Waals surface area contributed by atoms with E-state index in [-0.39, 0.29) is 10.5 Å². The predicted molar refractivity (Wildman–Crippen MR) is 92.8 cm³/mol. The molecule has 0 radical (unpaired) electrons. The Kier molecular flexibility index (Phi) is 4.76. The number of nitrogens with one attached hydrogen (secondary N) is 1. The van der Waals surface area contributed by atoms with Gasteiger partial charge in [0.25, 0.3) is 10.0 Å². The minimum atomic E-state index is -3.85. The number of sulfonamides is 1. The average Bonchev–Trinajstić information content (AvgIpc) is 2.37. The molecule has 0 saturated carbocycles. The lowest BCUT2D eigenvalue weighted by atomic mass is 10.1. The van der Waals surface area contributed by atoms with Gasteiger partial charge in [0.2, 0.25) is 0 Å². The minimum absolute atomic E-state index is 0.0198. The maximum atomic E-state index is 12.5. The summed E-state index contributed by atoms with van der Waals surface area (Å²) in [4.78, 5) is 11.2. The molecule has 2 N–H and O–H groups in total. The van der Waals surface area contributed by atoms with Crippen LogP contribution in [-0.2, 0) is 10.0 Å². The van der Waals surface area contributed by atoms with Crippen molar-refractivity contribution in [1.82, 2.24) is 0 Å². The summed E-state index contributed by atoms with van der Waals surface area (Å²) >= 11 is 2.08. The summed E-state index contributed by atoms with van der Waals surface area (Å²) < 4.78 is 28.4. The Morgan fingerprint density at radius 3 is 2.41 bits per heavy atom. The Morgan fingerprint density at radius 2 is 1.82 bits per heavy atom. The molecule has 0 amide bonds. The summed E-state index contributed by atoms with van der Waals surface area (Å²) in [7, 11) is -3.85. The van der Waals surface area contributed by atoms with Crippen LogP contribution in [0.15, 0.2) is 41.3 Å². The monoisotopic (exact) mass is 431 g/mol. The Balaban J connectivity index is 2.50. The number of carboxylic acids is 1. The molecule has 0 heterocycles. The molecule has 2 aromatic rings. The second-order valence-corrected chi connectivity index (χ2v) is 7.75. The molecular formula is C15H14INO4S.